The van der Waals surface area contributed by atoms with Crippen LogP contribution < -0.4 is 16.0 Å². The van der Waals surface area contributed by atoms with Crippen LogP contribution >= 0.6 is 11.6 Å². The molecule has 1 aliphatic heterocycles. The zero-order valence-electron chi connectivity index (χ0n) is 18.8. The Morgan fingerprint density at radius 2 is 2.03 bits per heavy atom. The highest BCUT2D eigenvalue weighted by atomic mass is 35.5. The molecule has 0 aromatic heterocycles. The number of rotatable bonds is 8. The van der Waals surface area contributed by atoms with Crippen molar-refractivity contribution in [3.8, 4) is 0 Å². The number of nitrogens with two attached hydrogens (primary N) is 1. The normalized spacial score (nSPS) is 20.1. The van der Waals surface area contributed by atoms with Gasteiger partial charge in [0.25, 0.3) is 0 Å². The van der Waals surface area contributed by atoms with Gasteiger partial charge in [-0.05, 0) is 68.1 Å². The minimum atomic E-state index is -0.801. The van der Waals surface area contributed by atoms with Crippen molar-refractivity contribution in [1.29, 1.82) is 0 Å². The summed E-state index contributed by atoms with van der Waals surface area (Å²) in [5.74, 6) is -0.874. The Morgan fingerprint density at radius 1 is 1.34 bits per heavy atom. The van der Waals surface area contributed by atoms with Crippen molar-refractivity contribution in [2.24, 2.45) is 5.73 Å². The molecule has 3 radical (unpaired) electrons. The lowest BCUT2D eigenvalue weighted by molar-refractivity contribution is -0.137. The second kappa shape index (κ2) is 9.83. The quantitative estimate of drug-likeness (QED) is 0.490. The monoisotopic (exact) mass is 472 g/mol. The fourth-order valence-electron chi connectivity index (χ4n) is 4.04. The van der Waals surface area contributed by atoms with Crippen molar-refractivity contribution in [3.05, 3.63) is 53.1 Å². The molecule has 1 fully saturated rings. The van der Waals surface area contributed by atoms with Crippen LogP contribution in [0.3, 0.4) is 0 Å². The summed E-state index contributed by atoms with van der Waals surface area (Å²) in [5, 5.41) is 12.9. The summed E-state index contributed by atoms with van der Waals surface area (Å²) in [5.41, 5.74) is 9.68. The molecule has 0 saturated carbocycles. The maximum Gasteiger partial charge on any atom is 0.303 e. The SMILES string of the molecule is CC[C@@H](CC(=O)O)c1ccc(N2CCOC[C@@]2([Si])C(C)(C)N)c(Nc2ccc(Cl)cc2)c1. The van der Waals surface area contributed by atoms with Gasteiger partial charge >= 0.3 is 5.97 Å². The van der Waals surface area contributed by atoms with Gasteiger partial charge in [0.05, 0.1) is 46.4 Å². The second-order valence-corrected chi connectivity index (χ2v) is 10.2. The Bertz CT molecular complexity index is 948. The number of halogens is 1. The molecule has 0 unspecified atom stereocenters. The van der Waals surface area contributed by atoms with E-state index in [1.165, 1.54) is 0 Å². The molecule has 32 heavy (non-hydrogen) atoms. The smallest absolute Gasteiger partial charge is 0.303 e. The van der Waals surface area contributed by atoms with E-state index in [0.29, 0.717) is 24.8 Å². The van der Waals surface area contributed by atoms with Crippen molar-refractivity contribution < 1.29 is 14.6 Å². The zero-order chi connectivity index (χ0) is 23.5. The molecular formula is C24H31ClN3O3Si. The number of benzene rings is 2. The van der Waals surface area contributed by atoms with Gasteiger partial charge in [0.2, 0.25) is 0 Å². The molecule has 2 aromatic carbocycles. The molecule has 1 aliphatic rings. The van der Waals surface area contributed by atoms with Crippen LogP contribution in [0, 0.1) is 0 Å². The Kier molecular flexibility index (Phi) is 7.55. The highest BCUT2D eigenvalue weighted by Gasteiger charge is 2.46. The molecular weight excluding hydrogens is 442 g/mol. The highest BCUT2D eigenvalue weighted by Crippen LogP contribution is 2.40. The van der Waals surface area contributed by atoms with Gasteiger partial charge in [-0.25, -0.2) is 0 Å². The van der Waals surface area contributed by atoms with Crippen LogP contribution in [0.5, 0.6) is 0 Å². The summed E-state index contributed by atoms with van der Waals surface area (Å²) in [6.45, 7) is 7.64. The molecule has 171 valence electrons. The number of hydrogen-bond acceptors (Lipinski definition) is 5. The fourth-order valence-corrected chi connectivity index (χ4v) is 4.51. The third kappa shape index (κ3) is 5.28. The van der Waals surface area contributed by atoms with Gasteiger partial charge in [0, 0.05) is 22.8 Å². The van der Waals surface area contributed by atoms with Gasteiger partial charge in [-0.1, -0.05) is 24.6 Å². The average molecular weight is 473 g/mol. The predicted molar refractivity (Wildman–Crippen MR) is 131 cm³/mol. The molecule has 3 rings (SSSR count). The summed E-state index contributed by atoms with van der Waals surface area (Å²) in [6, 6.07) is 13.6. The van der Waals surface area contributed by atoms with Crippen LogP contribution in [0.15, 0.2) is 42.5 Å². The summed E-state index contributed by atoms with van der Waals surface area (Å²) < 4.78 is 5.79. The van der Waals surface area contributed by atoms with E-state index in [9.17, 15) is 9.90 Å². The predicted octanol–water partition coefficient (Wildman–Crippen LogP) is 4.49. The molecule has 0 spiro atoms. The van der Waals surface area contributed by atoms with Crippen LogP contribution in [0.2, 0.25) is 5.02 Å². The van der Waals surface area contributed by atoms with E-state index in [-0.39, 0.29) is 12.3 Å². The molecule has 6 nitrogen and oxygen atoms in total. The number of aliphatic carboxylic acids is 1. The molecule has 0 aliphatic carbocycles. The molecule has 8 heteroatoms. The van der Waals surface area contributed by atoms with Gasteiger partial charge < -0.3 is 25.8 Å². The number of carboxylic acid groups (broad SMARTS) is 1. The lowest BCUT2D eigenvalue weighted by Gasteiger charge is -2.53. The average Bonchev–Trinajstić information content (AvgIpc) is 2.73. The molecule has 1 saturated heterocycles. The van der Waals surface area contributed by atoms with Gasteiger partial charge in [-0.3, -0.25) is 4.79 Å². The van der Waals surface area contributed by atoms with Crippen molar-refractivity contribution in [2.45, 2.75) is 50.2 Å². The summed E-state index contributed by atoms with van der Waals surface area (Å²) in [7, 11) is 3.96. The van der Waals surface area contributed by atoms with Crippen LogP contribution in [0.25, 0.3) is 0 Å². The second-order valence-electron chi connectivity index (χ2n) is 8.90. The summed E-state index contributed by atoms with van der Waals surface area (Å²) in [6.07, 6.45) is 0.826. The molecule has 2 aromatic rings. The van der Waals surface area contributed by atoms with E-state index >= 15 is 0 Å². The lowest BCUT2D eigenvalue weighted by atomic mass is 9.90. The van der Waals surface area contributed by atoms with Crippen molar-refractivity contribution in [3.63, 3.8) is 0 Å². The number of nitrogens with zero attached hydrogens (tertiary/aromatic N) is 1. The summed E-state index contributed by atoms with van der Waals surface area (Å²) >= 11 is 6.06. The number of ether oxygens (including phenoxy) is 1. The minimum Gasteiger partial charge on any atom is -0.481 e. The van der Waals surface area contributed by atoms with Gasteiger partial charge in [0.1, 0.15) is 0 Å². The van der Waals surface area contributed by atoms with Gasteiger partial charge in [-0.2, -0.15) is 0 Å². The number of carboxylic acids is 1. The number of nitrogens with one attached hydrogen (secondary N) is 1. The topological polar surface area (TPSA) is 87.8 Å². The first-order valence-corrected chi connectivity index (χ1v) is 11.7. The van der Waals surface area contributed by atoms with E-state index in [4.69, 9.17) is 22.1 Å². The number of morpholine rings is 1. The first-order chi connectivity index (χ1) is 15.0. The van der Waals surface area contributed by atoms with E-state index < -0.39 is 16.7 Å². The summed E-state index contributed by atoms with van der Waals surface area (Å²) in [4.78, 5) is 13.6. The Hall–Kier alpha value is -2.06. The highest BCUT2D eigenvalue weighted by molar-refractivity contribution is 6.30. The van der Waals surface area contributed by atoms with Crippen molar-refractivity contribution in [1.82, 2.24) is 0 Å². The first kappa shape index (κ1) is 24.6. The number of hydrogen-bond donors (Lipinski definition) is 3. The lowest BCUT2D eigenvalue weighted by Crippen LogP contribution is -2.71. The standard InChI is InChI=1S/C24H31ClN3O3Si/c1-4-16(14-22(29)30)17-5-10-21(20(13-17)27-19-8-6-18(25)7-9-19)28-11-12-31-15-24(28,32)23(2,3)26/h5-10,13,16,27H,4,11-12,14-15,26H2,1-3H3,(H,29,30)/t16-,24+/m0/s1. The Balaban J connectivity index is 2.09. The van der Waals surface area contributed by atoms with Crippen LogP contribution in [-0.2, 0) is 9.53 Å². The molecule has 2 atom stereocenters. The van der Waals surface area contributed by atoms with Gasteiger partial charge in [-0.15, -0.1) is 0 Å². The van der Waals surface area contributed by atoms with E-state index in [2.05, 4.69) is 20.5 Å². The van der Waals surface area contributed by atoms with E-state index in [0.717, 1.165) is 29.0 Å². The molecule has 0 bridgehead atoms. The molecule has 0 amide bonds. The fraction of sp³-hybridized carbons (Fsp3) is 0.458. The number of anilines is 3. The van der Waals surface area contributed by atoms with Crippen LogP contribution in [-0.4, -0.2) is 51.8 Å². The maximum atomic E-state index is 11.4. The largest absolute Gasteiger partial charge is 0.481 e. The maximum absolute atomic E-state index is 11.4. The third-order valence-electron chi connectivity index (χ3n) is 6.12. The Labute approximate surface area is 198 Å². The van der Waals surface area contributed by atoms with Crippen LogP contribution in [0.4, 0.5) is 17.1 Å². The first-order valence-electron chi connectivity index (χ1n) is 10.8. The van der Waals surface area contributed by atoms with Gasteiger partial charge in [0.15, 0.2) is 0 Å². The van der Waals surface area contributed by atoms with E-state index in [1.807, 2.05) is 63.2 Å². The molecule has 1 heterocycles. The molecule has 4 N–H and O–H groups in total. The third-order valence-corrected chi connectivity index (χ3v) is 7.43. The zero-order valence-corrected chi connectivity index (χ0v) is 20.6. The van der Waals surface area contributed by atoms with Crippen molar-refractivity contribution >= 4 is 44.9 Å². The van der Waals surface area contributed by atoms with E-state index in [1.54, 1.807) is 0 Å². The van der Waals surface area contributed by atoms with Crippen molar-refractivity contribution in [2.75, 3.05) is 30.0 Å². The minimum absolute atomic E-state index is 0.0729. The number of carbonyl (C=O) groups is 1. The van der Waals surface area contributed by atoms with Crippen LogP contribution in [0.1, 0.15) is 45.1 Å². The Morgan fingerprint density at radius 3 is 2.62 bits per heavy atom.